The second-order valence-corrected chi connectivity index (χ2v) is 7.44. The first-order chi connectivity index (χ1) is 12.8. The Kier molecular flexibility index (Phi) is 3.98. The van der Waals surface area contributed by atoms with Gasteiger partial charge in [0.05, 0.1) is 18.8 Å². The van der Waals surface area contributed by atoms with Crippen LogP contribution in [0.3, 0.4) is 0 Å². The molecule has 2 aromatic rings. The van der Waals surface area contributed by atoms with Gasteiger partial charge in [0, 0.05) is 56.5 Å². The predicted octanol–water partition coefficient (Wildman–Crippen LogP) is 2.32. The van der Waals surface area contributed by atoms with Crippen molar-refractivity contribution in [2.75, 3.05) is 39.4 Å². The number of hydrogen-bond donors (Lipinski definition) is 0. The number of benzene rings is 1. The molecule has 0 unspecified atom stereocenters. The smallest absolute Gasteiger partial charge is 0.255 e. The van der Waals surface area contributed by atoms with Crippen LogP contribution in [-0.4, -0.2) is 60.1 Å². The monoisotopic (exact) mass is 349 g/mol. The first kappa shape index (κ1) is 16.0. The fraction of sp³-hybridized carbons (Fsp3) is 0.429. The largest absolute Gasteiger partial charge is 0.379 e. The van der Waals surface area contributed by atoms with Gasteiger partial charge in [0.15, 0.2) is 0 Å². The molecule has 0 radical (unpaired) electrons. The third kappa shape index (κ3) is 2.54. The van der Waals surface area contributed by atoms with E-state index in [9.17, 15) is 4.79 Å². The van der Waals surface area contributed by atoms with E-state index in [1.807, 2.05) is 17.0 Å². The Balaban J connectivity index is 1.45. The molecular formula is C21H23N3O2. The maximum absolute atomic E-state index is 12.9. The van der Waals surface area contributed by atoms with Crippen LogP contribution in [0.25, 0.3) is 0 Å². The second kappa shape index (κ2) is 6.49. The zero-order chi connectivity index (χ0) is 17.5. The number of rotatable bonds is 2. The quantitative estimate of drug-likeness (QED) is 0.835. The van der Waals surface area contributed by atoms with Gasteiger partial charge in [0.25, 0.3) is 5.91 Å². The highest BCUT2D eigenvalue weighted by Crippen LogP contribution is 2.51. The van der Waals surface area contributed by atoms with Crippen LogP contribution in [0.2, 0.25) is 0 Å². The number of morpholine rings is 1. The lowest BCUT2D eigenvalue weighted by Gasteiger charge is -2.36. The lowest BCUT2D eigenvalue weighted by molar-refractivity contribution is 0.00482. The molecule has 2 saturated heterocycles. The summed E-state index contributed by atoms with van der Waals surface area (Å²) in [4.78, 5) is 21.6. The number of fused-ring (bicyclic) bond motifs is 3. The summed E-state index contributed by atoms with van der Waals surface area (Å²) in [6.45, 7) is 5.16. The van der Waals surface area contributed by atoms with Gasteiger partial charge in [-0.2, -0.15) is 0 Å². The Hall–Kier alpha value is -2.24. The first-order valence-corrected chi connectivity index (χ1v) is 9.43. The van der Waals surface area contributed by atoms with Gasteiger partial charge < -0.3 is 9.64 Å². The number of carbonyl (C=O) groups is 1. The van der Waals surface area contributed by atoms with Gasteiger partial charge in [-0.25, -0.2) is 0 Å². The molecule has 3 heterocycles. The maximum Gasteiger partial charge on any atom is 0.255 e. The van der Waals surface area contributed by atoms with Crippen molar-refractivity contribution in [2.24, 2.45) is 5.92 Å². The number of carbonyl (C=O) groups excluding carboxylic acids is 1. The van der Waals surface area contributed by atoms with Crippen molar-refractivity contribution in [3.05, 3.63) is 65.5 Å². The molecule has 2 aliphatic heterocycles. The van der Waals surface area contributed by atoms with Crippen molar-refractivity contribution < 1.29 is 9.53 Å². The van der Waals surface area contributed by atoms with Crippen LogP contribution in [0.15, 0.2) is 48.8 Å². The van der Waals surface area contributed by atoms with E-state index in [1.54, 1.807) is 12.4 Å². The summed E-state index contributed by atoms with van der Waals surface area (Å²) >= 11 is 0. The molecule has 0 spiro atoms. The molecule has 1 aromatic heterocycles. The fourth-order valence-corrected chi connectivity index (χ4v) is 4.99. The lowest BCUT2D eigenvalue weighted by Crippen LogP contribution is -2.42. The van der Waals surface area contributed by atoms with E-state index in [4.69, 9.17) is 4.74 Å². The van der Waals surface area contributed by atoms with Gasteiger partial charge in [-0.05, 0) is 23.3 Å². The first-order valence-electron chi connectivity index (χ1n) is 9.43. The van der Waals surface area contributed by atoms with E-state index < -0.39 is 0 Å². The van der Waals surface area contributed by atoms with E-state index in [2.05, 4.69) is 34.1 Å². The summed E-state index contributed by atoms with van der Waals surface area (Å²) in [5.74, 6) is 0.997. The van der Waals surface area contributed by atoms with Crippen LogP contribution in [-0.2, 0) is 4.74 Å². The highest BCUT2D eigenvalue weighted by Gasteiger charge is 2.49. The van der Waals surface area contributed by atoms with E-state index in [1.165, 1.54) is 11.1 Å². The highest BCUT2D eigenvalue weighted by atomic mass is 16.5. The molecule has 0 saturated carbocycles. The Morgan fingerprint density at radius 1 is 1.04 bits per heavy atom. The number of hydrogen-bond acceptors (Lipinski definition) is 4. The Morgan fingerprint density at radius 2 is 1.85 bits per heavy atom. The molecule has 3 atom stereocenters. The third-order valence-electron chi connectivity index (χ3n) is 6.12. The molecule has 0 N–H and O–H groups in total. The van der Waals surface area contributed by atoms with E-state index in [0.717, 1.165) is 39.4 Å². The normalized spacial score (nSPS) is 28.0. The average molecular weight is 349 g/mol. The summed E-state index contributed by atoms with van der Waals surface area (Å²) in [5, 5.41) is 0. The molecule has 134 valence electrons. The van der Waals surface area contributed by atoms with Crippen LogP contribution in [0.1, 0.15) is 33.4 Å². The summed E-state index contributed by atoms with van der Waals surface area (Å²) in [6, 6.07) is 12.9. The van der Waals surface area contributed by atoms with Gasteiger partial charge in [-0.3, -0.25) is 14.7 Å². The standard InChI is InChI=1S/C21H23N3O2/c25-21(15-4-3-7-22-12-15)24-13-18-16-5-1-2-6-17(16)20(19(18)14-24)23-8-10-26-11-9-23/h1-7,12,18-20H,8-11,13-14H2/t18-,19-,20-/m0/s1. The van der Waals surface area contributed by atoms with Crippen molar-refractivity contribution in [1.82, 2.24) is 14.8 Å². The maximum atomic E-state index is 12.9. The zero-order valence-electron chi connectivity index (χ0n) is 14.8. The molecule has 5 rings (SSSR count). The fourth-order valence-electron chi connectivity index (χ4n) is 4.99. The predicted molar refractivity (Wildman–Crippen MR) is 97.9 cm³/mol. The molecule has 2 fully saturated rings. The number of likely N-dealkylation sites (tertiary alicyclic amines) is 1. The number of aromatic nitrogens is 1. The van der Waals surface area contributed by atoms with Crippen LogP contribution in [0.5, 0.6) is 0 Å². The van der Waals surface area contributed by atoms with Gasteiger partial charge in [-0.1, -0.05) is 24.3 Å². The minimum Gasteiger partial charge on any atom is -0.379 e. The summed E-state index contributed by atoms with van der Waals surface area (Å²) in [7, 11) is 0. The Bertz CT molecular complexity index is 804. The van der Waals surface area contributed by atoms with Crippen molar-refractivity contribution in [3.8, 4) is 0 Å². The number of pyridine rings is 1. The molecule has 1 amide bonds. The van der Waals surface area contributed by atoms with Gasteiger partial charge >= 0.3 is 0 Å². The van der Waals surface area contributed by atoms with Crippen molar-refractivity contribution in [2.45, 2.75) is 12.0 Å². The highest BCUT2D eigenvalue weighted by molar-refractivity contribution is 5.94. The number of nitrogens with zero attached hydrogens (tertiary/aromatic N) is 3. The topological polar surface area (TPSA) is 45.7 Å². The SMILES string of the molecule is O=C(c1cccnc1)N1C[C@H]2[C@@H](C1)c1ccccc1[C@@H]2N1CCOCC1. The van der Waals surface area contributed by atoms with Crippen molar-refractivity contribution in [3.63, 3.8) is 0 Å². The van der Waals surface area contributed by atoms with Crippen LogP contribution >= 0.6 is 0 Å². The van der Waals surface area contributed by atoms with E-state index >= 15 is 0 Å². The van der Waals surface area contributed by atoms with Crippen molar-refractivity contribution in [1.29, 1.82) is 0 Å². The van der Waals surface area contributed by atoms with Gasteiger partial charge in [0.2, 0.25) is 0 Å². The average Bonchev–Trinajstić information content (AvgIpc) is 3.26. The molecule has 1 aliphatic carbocycles. The molecule has 1 aromatic carbocycles. The lowest BCUT2D eigenvalue weighted by atomic mass is 9.93. The molecule has 5 heteroatoms. The molecule has 0 bridgehead atoms. The third-order valence-corrected chi connectivity index (χ3v) is 6.12. The number of amides is 1. The second-order valence-electron chi connectivity index (χ2n) is 7.44. The van der Waals surface area contributed by atoms with Crippen LogP contribution < -0.4 is 0 Å². The summed E-state index contributed by atoms with van der Waals surface area (Å²) < 4.78 is 5.56. The zero-order valence-corrected chi connectivity index (χ0v) is 14.8. The summed E-state index contributed by atoms with van der Waals surface area (Å²) in [6.07, 6.45) is 3.38. The van der Waals surface area contributed by atoms with E-state index in [-0.39, 0.29) is 5.91 Å². The molecular weight excluding hydrogens is 326 g/mol. The Labute approximate surface area is 153 Å². The van der Waals surface area contributed by atoms with Crippen LogP contribution in [0, 0.1) is 5.92 Å². The molecule has 3 aliphatic rings. The minimum absolute atomic E-state index is 0.103. The van der Waals surface area contributed by atoms with Gasteiger partial charge in [0.1, 0.15) is 0 Å². The molecule has 5 nitrogen and oxygen atoms in total. The Morgan fingerprint density at radius 3 is 2.62 bits per heavy atom. The number of ether oxygens (including phenoxy) is 1. The van der Waals surface area contributed by atoms with Gasteiger partial charge in [-0.15, -0.1) is 0 Å². The molecule has 26 heavy (non-hydrogen) atoms. The minimum atomic E-state index is 0.103. The summed E-state index contributed by atoms with van der Waals surface area (Å²) in [5.41, 5.74) is 3.57. The van der Waals surface area contributed by atoms with Crippen molar-refractivity contribution >= 4 is 5.91 Å². The van der Waals surface area contributed by atoms with E-state index in [0.29, 0.717) is 23.4 Å². The van der Waals surface area contributed by atoms with Crippen LogP contribution in [0.4, 0.5) is 0 Å².